The highest BCUT2D eigenvalue weighted by Crippen LogP contribution is 2.43. The fourth-order valence-electron chi connectivity index (χ4n) is 5.23. The molecule has 42 heavy (non-hydrogen) atoms. The number of halogens is 6. The van der Waals surface area contributed by atoms with Crippen molar-refractivity contribution >= 4 is 23.1 Å². The van der Waals surface area contributed by atoms with Crippen molar-refractivity contribution in [2.24, 2.45) is 5.92 Å². The monoisotopic (exact) mass is 598 g/mol. The highest BCUT2D eigenvalue weighted by atomic mass is 19.4. The Hall–Kier alpha value is -4.24. The van der Waals surface area contributed by atoms with Gasteiger partial charge in [0.1, 0.15) is 23.8 Å². The van der Waals surface area contributed by atoms with E-state index in [0.717, 1.165) is 28.0 Å². The summed E-state index contributed by atoms with van der Waals surface area (Å²) in [5, 5.41) is 6.38. The van der Waals surface area contributed by atoms with Gasteiger partial charge in [-0.1, -0.05) is 0 Å². The summed E-state index contributed by atoms with van der Waals surface area (Å²) in [6.45, 7) is 0.568. The summed E-state index contributed by atoms with van der Waals surface area (Å²) in [5.74, 6) is -5.97. The third-order valence-electron chi connectivity index (χ3n) is 7.25. The van der Waals surface area contributed by atoms with Crippen LogP contribution < -0.4 is 10.1 Å². The molecule has 1 aliphatic carbocycles. The number of likely N-dealkylation sites (tertiary alicyclic amines) is 1. The van der Waals surface area contributed by atoms with Gasteiger partial charge in [0.15, 0.2) is 0 Å². The average molecular weight is 599 g/mol. The van der Waals surface area contributed by atoms with Gasteiger partial charge in [0, 0.05) is 37.1 Å². The van der Waals surface area contributed by atoms with Crippen LogP contribution in [0.3, 0.4) is 0 Å². The smallest absolute Gasteiger partial charge is 0.418 e. The number of ketones is 1. The van der Waals surface area contributed by atoms with E-state index in [4.69, 9.17) is 4.74 Å². The van der Waals surface area contributed by atoms with Crippen LogP contribution in [0.1, 0.15) is 41.4 Å². The Morgan fingerprint density at radius 1 is 1.14 bits per heavy atom. The molecule has 1 aliphatic heterocycles. The van der Waals surface area contributed by atoms with Crippen molar-refractivity contribution in [1.82, 2.24) is 29.8 Å². The second kappa shape index (κ2) is 10.5. The Labute approximate surface area is 234 Å². The first-order valence-electron chi connectivity index (χ1n) is 12.8. The molecule has 5 rings (SSSR count). The maximum Gasteiger partial charge on any atom is 0.418 e. The van der Waals surface area contributed by atoms with E-state index in [1.165, 1.54) is 20.1 Å². The molecule has 0 bridgehead atoms. The number of methoxy groups -OCH3 is 1. The minimum atomic E-state index is -4.84. The van der Waals surface area contributed by atoms with Crippen molar-refractivity contribution in [3.63, 3.8) is 0 Å². The number of Topliss-reactive ketones (excluding diaryl/α,β-unsaturated/α-hetero) is 1. The van der Waals surface area contributed by atoms with Crippen LogP contribution in [-0.2, 0) is 22.2 Å². The lowest BCUT2D eigenvalue weighted by Crippen LogP contribution is -2.47. The van der Waals surface area contributed by atoms with Crippen molar-refractivity contribution in [3.8, 4) is 17.1 Å². The van der Waals surface area contributed by atoms with Crippen LogP contribution in [0, 0.1) is 5.92 Å². The Morgan fingerprint density at radius 2 is 1.86 bits per heavy atom. The standard InChI is InChI=1S/C26H24F6N6O4/c1-12(39)3-18-21-16(26(30,31)32)5-20(38(21)35-11-34-18)13-4-15(23(42-2)33-8-13)22(40)36-19-10-37(9-17(19)27)24(41)14-6-25(28,29)7-14/h4-5,8,11,14,17,19H,3,6-7,9-10H2,1-2H3,(H,36,40)/t17-,19+/m0/s1. The lowest BCUT2D eigenvalue weighted by atomic mass is 9.80. The number of pyridine rings is 1. The lowest BCUT2D eigenvalue weighted by molar-refractivity contribution is -0.159. The number of rotatable bonds is 7. The minimum Gasteiger partial charge on any atom is -0.480 e. The zero-order chi connectivity index (χ0) is 30.6. The molecule has 0 unspecified atom stereocenters. The molecule has 4 heterocycles. The molecule has 2 atom stereocenters. The lowest BCUT2D eigenvalue weighted by Gasteiger charge is -2.36. The second-order valence-electron chi connectivity index (χ2n) is 10.4. The zero-order valence-electron chi connectivity index (χ0n) is 22.2. The summed E-state index contributed by atoms with van der Waals surface area (Å²) in [6.07, 6.45) is -5.97. The van der Waals surface area contributed by atoms with Gasteiger partial charge in [-0.3, -0.25) is 14.4 Å². The summed E-state index contributed by atoms with van der Waals surface area (Å²) in [6, 6.07) is 0.807. The second-order valence-corrected chi connectivity index (χ2v) is 10.4. The van der Waals surface area contributed by atoms with Crippen LogP contribution in [0.25, 0.3) is 16.8 Å². The number of nitrogens with zero attached hydrogens (tertiary/aromatic N) is 5. The molecule has 2 fully saturated rings. The highest BCUT2D eigenvalue weighted by molar-refractivity contribution is 5.98. The van der Waals surface area contributed by atoms with Crippen molar-refractivity contribution in [1.29, 1.82) is 0 Å². The molecule has 1 N–H and O–H groups in total. The van der Waals surface area contributed by atoms with Crippen LogP contribution in [0.15, 0.2) is 24.7 Å². The van der Waals surface area contributed by atoms with E-state index in [2.05, 4.69) is 20.4 Å². The van der Waals surface area contributed by atoms with E-state index in [1.54, 1.807) is 0 Å². The number of fused-ring (bicyclic) bond motifs is 1. The molecule has 2 aliphatic rings. The Bertz CT molecular complexity index is 1570. The van der Waals surface area contributed by atoms with Crippen LogP contribution in [0.5, 0.6) is 5.88 Å². The van der Waals surface area contributed by atoms with Gasteiger partial charge in [0.25, 0.3) is 5.91 Å². The molecular formula is C26H24F6N6O4. The zero-order valence-corrected chi connectivity index (χ0v) is 22.2. The summed E-state index contributed by atoms with van der Waals surface area (Å²) < 4.78 is 89.3. The van der Waals surface area contributed by atoms with Crippen LogP contribution >= 0.6 is 0 Å². The number of alkyl halides is 6. The summed E-state index contributed by atoms with van der Waals surface area (Å²) in [5.41, 5.74) is -2.02. The highest BCUT2D eigenvalue weighted by Gasteiger charge is 2.51. The predicted molar refractivity (Wildman–Crippen MR) is 133 cm³/mol. The van der Waals surface area contributed by atoms with Gasteiger partial charge in [0.2, 0.25) is 17.7 Å². The van der Waals surface area contributed by atoms with Gasteiger partial charge in [-0.2, -0.15) is 18.3 Å². The molecule has 1 saturated heterocycles. The molecule has 0 radical (unpaired) electrons. The van der Waals surface area contributed by atoms with Crippen LogP contribution in [0.4, 0.5) is 26.3 Å². The molecule has 16 heteroatoms. The Kier molecular flexibility index (Phi) is 7.35. The van der Waals surface area contributed by atoms with E-state index in [-0.39, 0.29) is 47.9 Å². The quantitative estimate of drug-likeness (QED) is 0.415. The first-order valence-corrected chi connectivity index (χ1v) is 12.8. The minimum absolute atomic E-state index is 0.0184. The Balaban J connectivity index is 1.44. The van der Waals surface area contributed by atoms with Crippen LogP contribution in [-0.4, -0.2) is 80.4 Å². The fourth-order valence-corrected chi connectivity index (χ4v) is 5.23. The van der Waals surface area contributed by atoms with E-state index in [9.17, 15) is 40.7 Å². The number of aromatic nitrogens is 4. The SMILES string of the molecule is COc1ncc(-c2cc(C(F)(F)F)c3c(CC(C)=O)ncnn23)cc1C(=O)N[C@@H]1CN(C(=O)C2CC(F)(F)C2)C[C@@H]1F. The van der Waals surface area contributed by atoms with Gasteiger partial charge >= 0.3 is 6.18 Å². The molecule has 2 amide bonds. The maximum atomic E-state index is 14.8. The predicted octanol–water partition coefficient (Wildman–Crippen LogP) is 3.27. The molecule has 0 aromatic carbocycles. The van der Waals surface area contributed by atoms with Crippen molar-refractivity contribution in [2.75, 3.05) is 20.2 Å². The number of hydrogen-bond acceptors (Lipinski definition) is 7. The van der Waals surface area contributed by atoms with Crippen molar-refractivity contribution in [3.05, 3.63) is 41.5 Å². The van der Waals surface area contributed by atoms with E-state index >= 15 is 0 Å². The third-order valence-corrected chi connectivity index (χ3v) is 7.25. The normalized spacial score (nSPS) is 20.4. The first-order chi connectivity index (χ1) is 19.7. The summed E-state index contributed by atoms with van der Waals surface area (Å²) in [7, 11) is 1.21. The summed E-state index contributed by atoms with van der Waals surface area (Å²) in [4.78, 5) is 46.4. The topological polar surface area (TPSA) is 119 Å². The molecule has 3 aromatic rings. The fraction of sp³-hybridized carbons (Fsp3) is 0.462. The van der Waals surface area contributed by atoms with Gasteiger partial charge in [-0.25, -0.2) is 27.7 Å². The number of amides is 2. The molecule has 10 nitrogen and oxygen atoms in total. The number of hydrogen-bond donors (Lipinski definition) is 1. The molecule has 0 spiro atoms. The van der Waals surface area contributed by atoms with Crippen molar-refractivity contribution < 1.29 is 45.5 Å². The van der Waals surface area contributed by atoms with Crippen molar-refractivity contribution in [2.45, 2.75) is 50.5 Å². The van der Waals surface area contributed by atoms with Gasteiger partial charge in [0.05, 0.1) is 48.6 Å². The average Bonchev–Trinajstić information content (AvgIpc) is 3.47. The molecular weight excluding hydrogens is 574 g/mol. The summed E-state index contributed by atoms with van der Waals surface area (Å²) >= 11 is 0. The number of nitrogens with one attached hydrogen (secondary N) is 1. The maximum absolute atomic E-state index is 14.8. The van der Waals surface area contributed by atoms with Gasteiger partial charge in [-0.15, -0.1) is 0 Å². The first kappa shape index (κ1) is 29.3. The van der Waals surface area contributed by atoms with E-state index in [1.807, 2.05) is 0 Å². The van der Waals surface area contributed by atoms with Gasteiger partial charge < -0.3 is 15.0 Å². The Morgan fingerprint density at radius 3 is 2.48 bits per heavy atom. The molecule has 224 valence electrons. The van der Waals surface area contributed by atoms with E-state index < -0.39 is 71.7 Å². The number of carbonyl (C=O) groups excluding carboxylic acids is 3. The van der Waals surface area contributed by atoms with Gasteiger partial charge in [-0.05, 0) is 19.1 Å². The third kappa shape index (κ3) is 5.48. The number of ether oxygens (including phenoxy) is 1. The molecule has 3 aromatic heterocycles. The largest absolute Gasteiger partial charge is 0.480 e. The molecule has 1 saturated carbocycles. The number of carbonyl (C=O) groups is 3. The van der Waals surface area contributed by atoms with Crippen LogP contribution in [0.2, 0.25) is 0 Å². The van der Waals surface area contributed by atoms with E-state index in [0.29, 0.717) is 0 Å².